The molecule has 0 bridgehead atoms. The maximum atomic E-state index is 13.2. The average Bonchev–Trinajstić information content (AvgIpc) is 3.01. The van der Waals surface area contributed by atoms with Gasteiger partial charge in [-0.15, -0.1) is 0 Å². The minimum Gasteiger partial charge on any atom is -0.329 e. The van der Waals surface area contributed by atoms with Gasteiger partial charge >= 0.3 is 5.69 Å². The number of imidazole rings is 1. The Hall–Kier alpha value is -4.27. The Bertz CT molecular complexity index is 1270. The molecule has 144 valence electrons. The summed E-state index contributed by atoms with van der Waals surface area (Å²) in [6, 6.07) is 16.5. The number of aromatic nitrogens is 3. The smallest absolute Gasteiger partial charge is 0.329 e. The van der Waals surface area contributed by atoms with Gasteiger partial charge in [0.25, 0.3) is 5.69 Å². The quantitative estimate of drug-likeness (QED) is 0.310. The van der Waals surface area contributed by atoms with Gasteiger partial charge in [0.1, 0.15) is 0 Å². The van der Waals surface area contributed by atoms with Crippen LogP contribution in [-0.4, -0.2) is 25.5 Å². The molecule has 9 heteroatoms. The number of pyridine rings is 1. The minimum atomic E-state index is -0.504. The second kappa shape index (κ2) is 7.39. The molecule has 0 aliphatic carbocycles. The fourth-order valence-corrected chi connectivity index (χ4v) is 3.17. The van der Waals surface area contributed by atoms with Crippen LogP contribution in [0.25, 0.3) is 16.9 Å². The summed E-state index contributed by atoms with van der Waals surface area (Å²) in [6.45, 7) is 0.282. The van der Waals surface area contributed by atoms with Crippen molar-refractivity contribution in [3.63, 3.8) is 0 Å². The molecule has 2 aromatic carbocycles. The number of non-ortho nitro benzene ring substituents is 1. The van der Waals surface area contributed by atoms with Crippen molar-refractivity contribution in [2.75, 3.05) is 5.32 Å². The lowest BCUT2D eigenvalue weighted by atomic mass is 10.2. The molecule has 9 nitrogen and oxygen atoms in total. The van der Waals surface area contributed by atoms with Crippen LogP contribution >= 0.6 is 0 Å². The van der Waals surface area contributed by atoms with E-state index in [1.807, 2.05) is 12.1 Å². The van der Waals surface area contributed by atoms with E-state index in [4.69, 9.17) is 0 Å². The number of nitro benzene ring substituents is 1. The summed E-state index contributed by atoms with van der Waals surface area (Å²) in [4.78, 5) is 38.7. The van der Waals surface area contributed by atoms with Crippen LogP contribution in [0.3, 0.4) is 0 Å². The highest BCUT2D eigenvalue weighted by atomic mass is 16.6. The molecule has 0 saturated heterocycles. The monoisotopic (exact) mass is 389 g/mol. The predicted molar refractivity (Wildman–Crippen MR) is 107 cm³/mol. The topological polar surface area (TPSA) is 112 Å². The highest BCUT2D eigenvalue weighted by Gasteiger charge is 2.17. The van der Waals surface area contributed by atoms with Gasteiger partial charge in [-0.3, -0.25) is 19.5 Å². The molecule has 1 N–H and O–H groups in total. The summed E-state index contributed by atoms with van der Waals surface area (Å²) < 4.78 is 2.92. The summed E-state index contributed by atoms with van der Waals surface area (Å²) in [5, 5.41) is 13.7. The maximum absolute atomic E-state index is 13.2. The molecule has 0 spiro atoms. The van der Waals surface area contributed by atoms with E-state index >= 15 is 0 Å². The number of nitrogens with one attached hydrogen (secondary N) is 1. The fourth-order valence-electron chi connectivity index (χ4n) is 3.17. The highest BCUT2D eigenvalue weighted by molar-refractivity contribution is 5.74. The first kappa shape index (κ1) is 18.1. The molecule has 0 aliphatic rings. The summed E-state index contributed by atoms with van der Waals surface area (Å²) in [6.07, 6.45) is 2.16. The van der Waals surface area contributed by atoms with Crippen molar-refractivity contribution in [3.05, 3.63) is 93.0 Å². The van der Waals surface area contributed by atoms with Gasteiger partial charge < -0.3 is 5.32 Å². The van der Waals surface area contributed by atoms with Crippen molar-refractivity contribution in [2.45, 2.75) is 6.54 Å². The van der Waals surface area contributed by atoms with Crippen LogP contribution in [0.1, 0.15) is 5.56 Å². The van der Waals surface area contributed by atoms with Crippen molar-refractivity contribution in [1.29, 1.82) is 0 Å². The standard InChI is InChI=1S/C20H15N5O4/c26-13-22-15-8-6-14(7-9-15)12-23-18-5-2-10-21-19(18)24(20(23)27)16-3-1-4-17(11-16)25(28)29/h1-11,13H,12H2,(H,22,26). The Balaban J connectivity index is 1.83. The Morgan fingerprint density at radius 3 is 2.62 bits per heavy atom. The van der Waals surface area contributed by atoms with Crippen molar-refractivity contribution >= 4 is 28.9 Å². The van der Waals surface area contributed by atoms with E-state index in [-0.39, 0.29) is 17.9 Å². The predicted octanol–water partition coefficient (Wildman–Crippen LogP) is 2.71. The Morgan fingerprint density at radius 2 is 1.90 bits per heavy atom. The van der Waals surface area contributed by atoms with Gasteiger partial charge in [-0.05, 0) is 35.9 Å². The minimum absolute atomic E-state index is 0.107. The number of carbonyl (C=O) groups excluding carboxylic acids is 1. The normalized spacial score (nSPS) is 10.8. The second-order valence-corrected chi connectivity index (χ2v) is 6.29. The number of hydrogen-bond donors (Lipinski definition) is 1. The number of benzene rings is 2. The lowest BCUT2D eigenvalue weighted by Gasteiger charge is -2.05. The van der Waals surface area contributed by atoms with Crippen molar-refractivity contribution in [2.24, 2.45) is 0 Å². The van der Waals surface area contributed by atoms with Crippen LogP contribution in [0, 0.1) is 10.1 Å². The third-order valence-electron chi connectivity index (χ3n) is 4.51. The van der Waals surface area contributed by atoms with Crippen molar-refractivity contribution < 1.29 is 9.72 Å². The molecule has 29 heavy (non-hydrogen) atoms. The summed E-state index contributed by atoms with van der Waals surface area (Å²) in [5.41, 5.74) is 2.44. The SMILES string of the molecule is O=CNc1ccc(Cn2c(=O)n(-c3cccc([N+](=O)[O-])c3)c3ncccc32)cc1. The van der Waals surface area contributed by atoms with Gasteiger partial charge in [0, 0.05) is 24.0 Å². The molecule has 0 atom stereocenters. The number of anilines is 1. The molecule has 4 aromatic rings. The number of nitrogens with zero attached hydrogens (tertiary/aromatic N) is 4. The van der Waals surface area contributed by atoms with E-state index < -0.39 is 4.92 Å². The van der Waals surface area contributed by atoms with Crippen LogP contribution in [0.15, 0.2) is 71.7 Å². The van der Waals surface area contributed by atoms with Gasteiger partial charge in [0.15, 0.2) is 5.65 Å². The first-order chi connectivity index (χ1) is 14.1. The molecular formula is C20H15N5O4. The maximum Gasteiger partial charge on any atom is 0.335 e. The Morgan fingerprint density at radius 1 is 1.10 bits per heavy atom. The number of fused-ring (bicyclic) bond motifs is 1. The van der Waals surface area contributed by atoms with Crippen LogP contribution in [0.2, 0.25) is 0 Å². The van der Waals surface area contributed by atoms with E-state index in [0.29, 0.717) is 28.9 Å². The summed E-state index contributed by atoms with van der Waals surface area (Å²) >= 11 is 0. The van der Waals surface area contributed by atoms with E-state index in [2.05, 4.69) is 10.3 Å². The third kappa shape index (κ3) is 3.36. The molecule has 0 aliphatic heterocycles. The van der Waals surface area contributed by atoms with E-state index in [0.717, 1.165) is 5.56 Å². The van der Waals surface area contributed by atoms with Crippen molar-refractivity contribution in [3.8, 4) is 5.69 Å². The van der Waals surface area contributed by atoms with Crippen LogP contribution in [0.5, 0.6) is 0 Å². The number of nitro groups is 1. The van der Waals surface area contributed by atoms with Gasteiger partial charge in [-0.25, -0.2) is 14.3 Å². The molecule has 0 radical (unpaired) electrons. The van der Waals surface area contributed by atoms with E-state index in [1.54, 1.807) is 41.1 Å². The molecule has 0 unspecified atom stereocenters. The zero-order valence-electron chi connectivity index (χ0n) is 15.1. The van der Waals surface area contributed by atoms with Gasteiger partial charge in [-0.2, -0.15) is 0 Å². The number of amides is 1. The third-order valence-corrected chi connectivity index (χ3v) is 4.51. The molecule has 0 saturated carbocycles. The average molecular weight is 389 g/mol. The zero-order valence-corrected chi connectivity index (χ0v) is 15.1. The molecule has 4 rings (SSSR count). The van der Waals surface area contributed by atoms with Gasteiger partial charge in [0.2, 0.25) is 6.41 Å². The first-order valence-corrected chi connectivity index (χ1v) is 8.68. The molecule has 1 amide bonds. The van der Waals surface area contributed by atoms with Crippen LogP contribution < -0.4 is 11.0 Å². The van der Waals surface area contributed by atoms with E-state index in [9.17, 15) is 19.7 Å². The van der Waals surface area contributed by atoms with Crippen LogP contribution in [0.4, 0.5) is 11.4 Å². The number of hydrogen-bond acceptors (Lipinski definition) is 5. The molecular weight excluding hydrogens is 374 g/mol. The van der Waals surface area contributed by atoms with Crippen molar-refractivity contribution in [1.82, 2.24) is 14.1 Å². The van der Waals surface area contributed by atoms with E-state index in [1.165, 1.54) is 22.8 Å². The lowest BCUT2D eigenvalue weighted by molar-refractivity contribution is -0.384. The summed E-state index contributed by atoms with van der Waals surface area (Å²) in [5.74, 6) is 0. The van der Waals surface area contributed by atoms with Gasteiger partial charge in [0.05, 0.1) is 22.7 Å². The fraction of sp³-hybridized carbons (Fsp3) is 0.0500. The zero-order chi connectivity index (χ0) is 20.4. The Labute approximate surface area is 164 Å². The Kier molecular flexibility index (Phi) is 4.62. The first-order valence-electron chi connectivity index (χ1n) is 8.68. The van der Waals surface area contributed by atoms with Crippen LogP contribution in [-0.2, 0) is 11.3 Å². The highest BCUT2D eigenvalue weighted by Crippen LogP contribution is 2.20. The molecule has 2 heterocycles. The summed E-state index contributed by atoms with van der Waals surface area (Å²) in [7, 11) is 0. The van der Waals surface area contributed by atoms with Gasteiger partial charge in [-0.1, -0.05) is 18.2 Å². The largest absolute Gasteiger partial charge is 0.335 e. The lowest BCUT2D eigenvalue weighted by Crippen LogP contribution is -2.23. The number of rotatable bonds is 6. The molecule has 0 fully saturated rings. The second-order valence-electron chi connectivity index (χ2n) is 6.29. The molecule has 2 aromatic heterocycles. The number of carbonyl (C=O) groups is 1.